The number of esters is 1. The van der Waals surface area contributed by atoms with Crippen LogP contribution in [0.5, 0.6) is 0 Å². The summed E-state index contributed by atoms with van der Waals surface area (Å²) in [7, 11) is 1.33. The maximum absolute atomic E-state index is 13.2. The molecule has 0 aliphatic carbocycles. The Morgan fingerprint density at radius 3 is 2.50 bits per heavy atom. The van der Waals surface area contributed by atoms with Gasteiger partial charge in [-0.15, -0.1) is 0 Å². The van der Waals surface area contributed by atoms with Crippen LogP contribution in [0.25, 0.3) is 11.1 Å². The van der Waals surface area contributed by atoms with Gasteiger partial charge in [-0.1, -0.05) is 48.5 Å². The molecule has 3 aromatic carbocycles. The summed E-state index contributed by atoms with van der Waals surface area (Å²) in [5.74, 6) is -0.692. The first kappa shape index (κ1) is 21.1. The first-order chi connectivity index (χ1) is 15.5. The number of anilines is 1. The second-order valence-electron chi connectivity index (χ2n) is 7.42. The highest BCUT2D eigenvalue weighted by atomic mass is 16.5. The zero-order valence-electron chi connectivity index (χ0n) is 17.9. The quantitative estimate of drug-likeness (QED) is 0.444. The number of ether oxygens (including phenoxy) is 1. The molecule has 1 N–H and O–H groups in total. The topological polar surface area (TPSA) is 73.2 Å². The number of hydrogen-bond acceptors (Lipinski definition) is 4. The number of hydrogen-bond donors (Lipinski definition) is 1. The van der Waals surface area contributed by atoms with Crippen molar-refractivity contribution in [3.05, 3.63) is 107 Å². The van der Waals surface area contributed by atoms with E-state index in [0.717, 1.165) is 22.3 Å². The van der Waals surface area contributed by atoms with Crippen LogP contribution in [0.15, 0.2) is 85.2 Å². The molecular weight excluding hydrogens is 402 g/mol. The molecule has 0 radical (unpaired) electrons. The van der Waals surface area contributed by atoms with Crippen LogP contribution in [0.4, 0.5) is 5.69 Å². The van der Waals surface area contributed by atoms with Gasteiger partial charge in [-0.3, -0.25) is 9.48 Å². The maximum atomic E-state index is 13.2. The summed E-state index contributed by atoms with van der Waals surface area (Å²) in [5, 5.41) is 7.17. The molecule has 6 nitrogen and oxygen atoms in total. The fourth-order valence-electron chi connectivity index (χ4n) is 3.49. The number of aromatic nitrogens is 2. The summed E-state index contributed by atoms with van der Waals surface area (Å²) >= 11 is 0. The lowest BCUT2D eigenvalue weighted by molar-refractivity contribution is 0.0600. The van der Waals surface area contributed by atoms with Gasteiger partial charge in [-0.05, 0) is 53.4 Å². The molecule has 4 aromatic rings. The molecular formula is C26H23N3O3. The normalized spacial score (nSPS) is 10.6. The van der Waals surface area contributed by atoms with Crippen molar-refractivity contribution in [2.45, 2.75) is 13.5 Å². The van der Waals surface area contributed by atoms with Crippen LogP contribution in [0.2, 0.25) is 0 Å². The first-order valence-electron chi connectivity index (χ1n) is 10.2. The summed E-state index contributed by atoms with van der Waals surface area (Å²) in [6, 6.07) is 22.5. The Hall–Kier alpha value is -4.19. The highest BCUT2D eigenvalue weighted by molar-refractivity contribution is 6.09. The second-order valence-corrected chi connectivity index (χ2v) is 7.42. The third kappa shape index (κ3) is 4.59. The molecule has 0 saturated carbocycles. The number of aryl methyl sites for hydroxylation is 1. The standard InChI is InChI=1S/C26H23N3O3/c1-18-8-11-21(26(31)32-2)16-24(18)28-25(30)23-7-4-3-6-22(23)20-12-9-19(10-13-20)17-29-15-5-14-27-29/h3-16H,17H2,1-2H3,(H,28,30). The molecule has 1 aromatic heterocycles. The predicted molar refractivity (Wildman–Crippen MR) is 124 cm³/mol. The van der Waals surface area contributed by atoms with E-state index in [9.17, 15) is 9.59 Å². The van der Waals surface area contributed by atoms with Crippen molar-refractivity contribution in [1.82, 2.24) is 9.78 Å². The Labute approximate surface area is 186 Å². The molecule has 0 aliphatic heterocycles. The van der Waals surface area contributed by atoms with Crippen molar-refractivity contribution < 1.29 is 14.3 Å². The molecule has 0 bridgehead atoms. The van der Waals surface area contributed by atoms with Crippen LogP contribution in [0.1, 0.15) is 31.8 Å². The van der Waals surface area contributed by atoms with Gasteiger partial charge < -0.3 is 10.1 Å². The minimum Gasteiger partial charge on any atom is -0.465 e. The minimum atomic E-state index is -0.448. The lowest BCUT2D eigenvalue weighted by Crippen LogP contribution is -2.14. The number of nitrogens with one attached hydrogen (secondary N) is 1. The number of rotatable bonds is 6. The van der Waals surface area contributed by atoms with E-state index in [4.69, 9.17) is 4.74 Å². The van der Waals surface area contributed by atoms with Crippen LogP contribution in [-0.2, 0) is 11.3 Å². The third-order valence-electron chi connectivity index (χ3n) is 5.25. The van der Waals surface area contributed by atoms with E-state index in [0.29, 0.717) is 23.4 Å². The number of carbonyl (C=O) groups is 2. The Morgan fingerprint density at radius 1 is 1.00 bits per heavy atom. The molecule has 0 aliphatic rings. The van der Waals surface area contributed by atoms with Gasteiger partial charge >= 0.3 is 5.97 Å². The van der Waals surface area contributed by atoms with E-state index < -0.39 is 5.97 Å². The average Bonchev–Trinajstić information content (AvgIpc) is 3.33. The van der Waals surface area contributed by atoms with Crippen molar-refractivity contribution in [1.29, 1.82) is 0 Å². The van der Waals surface area contributed by atoms with Gasteiger partial charge in [0.05, 0.1) is 19.2 Å². The fourth-order valence-corrected chi connectivity index (χ4v) is 3.49. The summed E-state index contributed by atoms with van der Waals surface area (Å²) in [6.45, 7) is 2.56. The molecule has 0 saturated heterocycles. The lowest BCUT2D eigenvalue weighted by Gasteiger charge is -2.13. The van der Waals surface area contributed by atoms with Crippen LogP contribution in [0.3, 0.4) is 0 Å². The summed E-state index contributed by atoms with van der Waals surface area (Å²) in [6.07, 6.45) is 3.68. The van der Waals surface area contributed by atoms with Crippen molar-refractivity contribution >= 4 is 17.6 Å². The van der Waals surface area contributed by atoms with Gasteiger partial charge in [0.2, 0.25) is 0 Å². The van der Waals surface area contributed by atoms with E-state index in [1.165, 1.54) is 7.11 Å². The molecule has 6 heteroatoms. The van der Waals surface area contributed by atoms with Crippen LogP contribution in [-0.4, -0.2) is 28.8 Å². The Balaban J connectivity index is 1.58. The highest BCUT2D eigenvalue weighted by Gasteiger charge is 2.15. The highest BCUT2D eigenvalue weighted by Crippen LogP contribution is 2.26. The zero-order chi connectivity index (χ0) is 22.5. The minimum absolute atomic E-state index is 0.244. The first-order valence-corrected chi connectivity index (χ1v) is 10.2. The van der Waals surface area contributed by atoms with Gasteiger partial charge in [-0.25, -0.2) is 4.79 Å². The van der Waals surface area contributed by atoms with Crippen molar-refractivity contribution in [3.63, 3.8) is 0 Å². The average molecular weight is 425 g/mol. The van der Waals surface area contributed by atoms with Crippen LogP contribution >= 0.6 is 0 Å². The lowest BCUT2D eigenvalue weighted by atomic mass is 9.98. The molecule has 160 valence electrons. The number of benzene rings is 3. The number of nitrogens with zero attached hydrogens (tertiary/aromatic N) is 2. The summed E-state index contributed by atoms with van der Waals surface area (Å²) < 4.78 is 6.65. The summed E-state index contributed by atoms with van der Waals surface area (Å²) in [4.78, 5) is 25.0. The number of carbonyl (C=O) groups excluding carboxylic acids is 2. The molecule has 0 fully saturated rings. The molecule has 32 heavy (non-hydrogen) atoms. The SMILES string of the molecule is COC(=O)c1ccc(C)c(NC(=O)c2ccccc2-c2ccc(Cn3cccn3)cc2)c1. The van der Waals surface area contributed by atoms with Crippen molar-refractivity contribution in [2.75, 3.05) is 12.4 Å². The van der Waals surface area contributed by atoms with Gasteiger partial charge in [0.1, 0.15) is 0 Å². The maximum Gasteiger partial charge on any atom is 0.337 e. The van der Waals surface area contributed by atoms with Crippen molar-refractivity contribution in [3.8, 4) is 11.1 Å². The largest absolute Gasteiger partial charge is 0.465 e. The Bertz CT molecular complexity index is 1250. The smallest absolute Gasteiger partial charge is 0.337 e. The number of amides is 1. The second kappa shape index (κ2) is 9.31. The molecule has 4 rings (SSSR count). The van der Waals surface area contributed by atoms with Crippen LogP contribution < -0.4 is 5.32 Å². The van der Waals surface area contributed by atoms with E-state index in [2.05, 4.69) is 10.4 Å². The Morgan fingerprint density at radius 2 is 1.78 bits per heavy atom. The van der Waals surface area contributed by atoms with E-state index in [-0.39, 0.29) is 5.91 Å². The predicted octanol–water partition coefficient (Wildman–Crippen LogP) is 4.95. The monoisotopic (exact) mass is 425 g/mol. The van der Waals surface area contributed by atoms with E-state index >= 15 is 0 Å². The van der Waals surface area contributed by atoms with E-state index in [1.807, 2.05) is 66.3 Å². The molecule has 1 heterocycles. The molecule has 0 unspecified atom stereocenters. The molecule has 0 atom stereocenters. The zero-order valence-corrected chi connectivity index (χ0v) is 17.9. The third-order valence-corrected chi connectivity index (χ3v) is 5.25. The van der Waals surface area contributed by atoms with Gasteiger partial charge in [-0.2, -0.15) is 5.10 Å². The summed E-state index contributed by atoms with van der Waals surface area (Å²) in [5.41, 5.74) is 5.26. The molecule has 0 spiro atoms. The molecule has 1 amide bonds. The number of methoxy groups -OCH3 is 1. The van der Waals surface area contributed by atoms with Gasteiger partial charge in [0.15, 0.2) is 0 Å². The van der Waals surface area contributed by atoms with Gasteiger partial charge in [0, 0.05) is 23.6 Å². The van der Waals surface area contributed by atoms with Crippen LogP contribution in [0, 0.1) is 6.92 Å². The van der Waals surface area contributed by atoms with Crippen molar-refractivity contribution in [2.24, 2.45) is 0 Å². The van der Waals surface area contributed by atoms with E-state index in [1.54, 1.807) is 30.5 Å². The van der Waals surface area contributed by atoms with Gasteiger partial charge in [0.25, 0.3) is 5.91 Å². The fraction of sp³-hybridized carbons (Fsp3) is 0.115. The Kier molecular flexibility index (Phi) is 6.12.